The van der Waals surface area contributed by atoms with E-state index in [1.807, 2.05) is 12.1 Å². The Morgan fingerprint density at radius 3 is 2.52 bits per heavy atom. The first-order valence-corrected chi connectivity index (χ1v) is 7.35. The van der Waals surface area contributed by atoms with Crippen LogP contribution in [0.25, 0.3) is 0 Å². The first-order valence-electron chi connectivity index (χ1n) is 7.35. The Morgan fingerprint density at radius 2 is 1.86 bits per heavy atom. The summed E-state index contributed by atoms with van der Waals surface area (Å²) in [4.78, 5) is 17.6. The van der Waals surface area contributed by atoms with Crippen LogP contribution in [0.3, 0.4) is 0 Å². The second kappa shape index (κ2) is 5.99. The fourth-order valence-electron chi connectivity index (χ4n) is 2.87. The third kappa shape index (κ3) is 3.42. The number of nitrogens with one attached hydrogen (secondary N) is 1. The SMILES string of the molecule is Nc1nc(Oc2ccc(C3CCCCC3)cc2)cc(=O)[nH]1. The van der Waals surface area contributed by atoms with Crippen molar-refractivity contribution < 1.29 is 4.74 Å². The van der Waals surface area contributed by atoms with Gasteiger partial charge in [0.15, 0.2) is 0 Å². The number of nitrogens with zero attached hydrogens (tertiary/aromatic N) is 1. The maximum Gasteiger partial charge on any atom is 0.256 e. The number of hydrogen-bond acceptors (Lipinski definition) is 4. The van der Waals surface area contributed by atoms with E-state index < -0.39 is 0 Å². The summed E-state index contributed by atoms with van der Waals surface area (Å²) in [6.45, 7) is 0. The van der Waals surface area contributed by atoms with Crippen LogP contribution < -0.4 is 16.0 Å². The number of H-pyrrole nitrogens is 1. The first-order chi connectivity index (χ1) is 10.2. The molecule has 21 heavy (non-hydrogen) atoms. The van der Waals surface area contributed by atoms with Crippen LogP contribution in [0.2, 0.25) is 0 Å². The number of nitrogens with two attached hydrogens (primary N) is 1. The van der Waals surface area contributed by atoms with E-state index in [2.05, 4.69) is 22.1 Å². The summed E-state index contributed by atoms with van der Waals surface area (Å²) in [6, 6.07) is 9.32. The van der Waals surface area contributed by atoms with Crippen molar-refractivity contribution in [2.45, 2.75) is 38.0 Å². The molecule has 1 aliphatic rings. The molecule has 1 aromatic heterocycles. The van der Waals surface area contributed by atoms with E-state index in [-0.39, 0.29) is 17.4 Å². The van der Waals surface area contributed by atoms with Crippen LogP contribution in [0.15, 0.2) is 35.1 Å². The first kappa shape index (κ1) is 13.7. The summed E-state index contributed by atoms with van der Waals surface area (Å²) in [5.74, 6) is 1.59. The van der Waals surface area contributed by atoms with Gasteiger partial charge in [-0.25, -0.2) is 0 Å². The predicted molar refractivity (Wildman–Crippen MR) is 81.6 cm³/mol. The number of nitrogen functional groups attached to an aromatic ring is 1. The molecule has 1 aliphatic carbocycles. The maximum atomic E-state index is 11.3. The lowest BCUT2D eigenvalue weighted by molar-refractivity contribution is 0.441. The highest BCUT2D eigenvalue weighted by atomic mass is 16.5. The fraction of sp³-hybridized carbons (Fsp3) is 0.375. The largest absolute Gasteiger partial charge is 0.439 e. The third-order valence-corrected chi connectivity index (χ3v) is 3.92. The van der Waals surface area contributed by atoms with Crippen molar-refractivity contribution in [2.24, 2.45) is 0 Å². The topological polar surface area (TPSA) is 81.0 Å². The molecular formula is C16H19N3O2. The molecule has 5 heteroatoms. The minimum atomic E-state index is -0.323. The number of rotatable bonds is 3. The van der Waals surface area contributed by atoms with E-state index in [0.29, 0.717) is 11.7 Å². The zero-order valence-corrected chi connectivity index (χ0v) is 11.8. The molecule has 0 bridgehead atoms. The second-order valence-corrected chi connectivity index (χ2v) is 5.47. The Bertz CT molecular complexity index is 658. The van der Waals surface area contributed by atoms with Crippen molar-refractivity contribution in [3.8, 4) is 11.6 Å². The van der Waals surface area contributed by atoms with Gasteiger partial charge in [0.05, 0.1) is 6.07 Å². The Kier molecular flexibility index (Phi) is 3.90. The van der Waals surface area contributed by atoms with E-state index >= 15 is 0 Å². The smallest absolute Gasteiger partial charge is 0.256 e. The zero-order chi connectivity index (χ0) is 14.7. The molecule has 2 aromatic rings. The number of benzene rings is 1. The van der Waals surface area contributed by atoms with Gasteiger partial charge in [0.2, 0.25) is 11.8 Å². The monoisotopic (exact) mass is 285 g/mol. The van der Waals surface area contributed by atoms with Crippen LogP contribution in [-0.4, -0.2) is 9.97 Å². The van der Waals surface area contributed by atoms with E-state index in [0.717, 1.165) is 0 Å². The molecule has 0 unspecified atom stereocenters. The van der Waals surface area contributed by atoms with Crippen LogP contribution in [0.5, 0.6) is 11.6 Å². The number of aromatic amines is 1. The summed E-state index contributed by atoms with van der Waals surface area (Å²) < 4.78 is 5.57. The van der Waals surface area contributed by atoms with Crippen LogP contribution in [0.1, 0.15) is 43.6 Å². The lowest BCUT2D eigenvalue weighted by atomic mass is 9.84. The molecule has 5 nitrogen and oxygen atoms in total. The van der Waals surface area contributed by atoms with Gasteiger partial charge in [-0.2, -0.15) is 4.98 Å². The van der Waals surface area contributed by atoms with Crippen LogP contribution >= 0.6 is 0 Å². The average Bonchev–Trinajstić information content (AvgIpc) is 2.48. The van der Waals surface area contributed by atoms with E-state index in [9.17, 15) is 4.79 Å². The Balaban J connectivity index is 1.73. The summed E-state index contributed by atoms with van der Waals surface area (Å²) in [7, 11) is 0. The molecule has 0 aliphatic heterocycles. The Hall–Kier alpha value is -2.30. The molecule has 1 saturated carbocycles. The van der Waals surface area contributed by atoms with Crippen molar-refractivity contribution in [1.82, 2.24) is 9.97 Å². The second-order valence-electron chi connectivity index (χ2n) is 5.47. The minimum Gasteiger partial charge on any atom is -0.439 e. The lowest BCUT2D eigenvalue weighted by Crippen LogP contribution is -2.10. The Labute approximate surface area is 123 Å². The summed E-state index contributed by atoms with van der Waals surface area (Å²) in [6.07, 6.45) is 6.53. The average molecular weight is 285 g/mol. The molecule has 110 valence electrons. The zero-order valence-electron chi connectivity index (χ0n) is 11.8. The molecule has 1 fully saturated rings. The normalized spacial score (nSPS) is 15.8. The molecule has 0 saturated heterocycles. The van der Waals surface area contributed by atoms with Gasteiger partial charge in [-0.3, -0.25) is 9.78 Å². The molecular weight excluding hydrogens is 266 g/mol. The predicted octanol–water partition coefficient (Wildman–Crippen LogP) is 3.19. The quantitative estimate of drug-likeness (QED) is 0.907. The lowest BCUT2D eigenvalue weighted by Gasteiger charge is -2.22. The summed E-state index contributed by atoms with van der Waals surface area (Å²) in [5.41, 5.74) is 6.53. The van der Waals surface area contributed by atoms with E-state index in [1.54, 1.807) is 0 Å². The highest BCUT2D eigenvalue weighted by molar-refractivity contribution is 5.33. The van der Waals surface area contributed by atoms with Gasteiger partial charge in [0, 0.05) is 0 Å². The van der Waals surface area contributed by atoms with E-state index in [4.69, 9.17) is 10.5 Å². The molecule has 0 radical (unpaired) electrons. The van der Waals surface area contributed by atoms with Gasteiger partial charge >= 0.3 is 0 Å². The van der Waals surface area contributed by atoms with Crippen molar-refractivity contribution in [3.05, 3.63) is 46.2 Å². The molecule has 0 atom stereocenters. The highest BCUT2D eigenvalue weighted by Crippen LogP contribution is 2.33. The van der Waals surface area contributed by atoms with Gasteiger partial charge in [0.25, 0.3) is 5.56 Å². The van der Waals surface area contributed by atoms with Crippen molar-refractivity contribution in [3.63, 3.8) is 0 Å². The Morgan fingerprint density at radius 1 is 1.14 bits per heavy atom. The number of aromatic nitrogens is 2. The standard InChI is InChI=1S/C16H19N3O2/c17-16-18-14(20)10-15(19-16)21-13-8-6-12(7-9-13)11-4-2-1-3-5-11/h6-11H,1-5H2,(H3,17,18,19,20). The van der Waals surface area contributed by atoms with E-state index in [1.165, 1.54) is 43.7 Å². The van der Waals surface area contributed by atoms with Gasteiger partial charge < -0.3 is 10.5 Å². The summed E-state index contributed by atoms with van der Waals surface area (Å²) >= 11 is 0. The summed E-state index contributed by atoms with van der Waals surface area (Å²) in [5, 5.41) is 0. The molecule has 3 rings (SSSR count). The van der Waals surface area contributed by atoms with Gasteiger partial charge in [-0.1, -0.05) is 31.4 Å². The number of hydrogen-bond donors (Lipinski definition) is 2. The molecule has 3 N–H and O–H groups in total. The highest BCUT2D eigenvalue weighted by Gasteiger charge is 2.15. The minimum absolute atomic E-state index is 0.0522. The fourth-order valence-corrected chi connectivity index (χ4v) is 2.87. The van der Waals surface area contributed by atoms with Gasteiger partial charge in [-0.15, -0.1) is 0 Å². The number of anilines is 1. The molecule has 1 aromatic carbocycles. The van der Waals surface area contributed by atoms with Gasteiger partial charge in [0.1, 0.15) is 5.75 Å². The molecule has 0 spiro atoms. The van der Waals surface area contributed by atoms with Crippen molar-refractivity contribution in [1.29, 1.82) is 0 Å². The van der Waals surface area contributed by atoms with Crippen LogP contribution in [0.4, 0.5) is 5.95 Å². The number of ether oxygens (including phenoxy) is 1. The molecule has 1 heterocycles. The van der Waals surface area contributed by atoms with Crippen LogP contribution in [0, 0.1) is 0 Å². The van der Waals surface area contributed by atoms with Crippen molar-refractivity contribution in [2.75, 3.05) is 5.73 Å². The van der Waals surface area contributed by atoms with Crippen LogP contribution in [-0.2, 0) is 0 Å². The molecule has 0 amide bonds. The van der Waals surface area contributed by atoms with Gasteiger partial charge in [-0.05, 0) is 36.5 Å². The maximum absolute atomic E-state index is 11.3. The third-order valence-electron chi connectivity index (χ3n) is 3.92. The van der Waals surface area contributed by atoms with Crippen molar-refractivity contribution >= 4 is 5.95 Å².